The molecule has 0 aromatic carbocycles. The molecule has 2 saturated heterocycles. The Bertz CT molecular complexity index is 418. The van der Waals surface area contributed by atoms with Crippen molar-refractivity contribution in [1.29, 1.82) is 0 Å². The van der Waals surface area contributed by atoms with Crippen LogP contribution in [0.5, 0.6) is 0 Å². The highest BCUT2D eigenvalue weighted by Gasteiger charge is 2.58. The van der Waals surface area contributed by atoms with Gasteiger partial charge >= 0.3 is 0 Å². The Morgan fingerprint density at radius 2 is 1.65 bits per heavy atom. The molecule has 2 aliphatic heterocycles. The average Bonchev–Trinajstić information content (AvgIpc) is 2.80. The van der Waals surface area contributed by atoms with Gasteiger partial charge in [-0.15, -0.1) is 0 Å². The number of hydrogen-bond acceptors (Lipinski definition) is 11. The summed E-state index contributed by atoms with van der Waals surface area (Å²) < 4.78 is 15.3. The number of carbonyl (C=O) groups is 1. The third-order valence-corrected chi connectivity index (χ3v) is 3.96. The summed E-state index contributed by atoms with van der Waals surface area (Å²) in [4.78, 5) is 10.8. The van der Waals surface area contributed by atoms with Crippen LogP contribution in [0.15, 0.2) is 0 Å². The van der Waals surface area contributed by atoms with Gasteiger partial charge in [-0.25, -0.2) is 0 Å². The summed E-state index contributed by atoms with van der Waals surface area (Å²) in [5, 5.41) is 67.4. The molecule has 0 aromatic heterocycles. The molecule has 9 atom stereocenters. The van der Waals surface area contributed by atoms with Crippen molar-refractivity contribution in [2.24, 2.45) is 0 Å². The van der Waals surface area contributed by atoms with Crippen LogP contribution < -0.4 is 0 Å². The zero-order valence-electron chi connectivity index (χ0n) is 11.9. The van der Waals surface area contributed by atoms with Gasteiger partial charge in [0.1, 0.15) is 49.3 Å². The lowest BCUT2D eigenvalue weighted by molar-refractivity contribution is -0.381. The molecular formula is C12H20O11. The lowest BCUT2D eigenvalue weighted by atomic mass is 9.99. The van der Waals surface area contributed by atoms with E-state index in [-0.39, 0.29) is 6.29 Å². The molecule has 0 bridgehead atoms. The zero-order chi connectivity index (χ0) is 17.4. The number of aliphatic hydroxyl groups is 7. The molecule has 23 heavy (non-hydrogen) atoms. The summed E-state index contributed by atoms with van der Waals surface area (Å²) in [7, 11) is 0. The highest BCUT2D eigenvalue weighted by molar-refractivity contribution is 5.58. The highest BCUT2D eigenvalue weighted by Crippen LogP contribution is 2.35. The van der Waals surface area contributed by atoms with Crippen molar-refractivity contribution >= 4 is 6.29 Å². The molecule has 0 aromatic rings. The van der Waals surface area contributed by atoms with Crippen LogP contribution >= 0.6 is 0 Å². The van der Waals surface area contributed by atoms with Crippen molar-refractivity contribution in [1.82, 2.24) is 0 Å². The number of rotatable bonds is 5. The number of hydrogen-bond donors (Lipinski definition) is 7. The Labute approximate surface area is 130 Å². The summed E-state index contributed by atoms with van der Waals surface area (Å²) in [6.45, 7) is -1.72. The van der Waals surface area contributed by atoms with Gasteiger partial charge in [-0.05, 0) is 0 Å². The second-order valence-corrected chi connectivity index (χ2v) is 5.44. The predicted molar refractivity (Wildman–Crippen MR) is 67.6 cm³/mol. The molecule has 0 amide bonds. The van der Waals surface area contributed by atoms with Crippen LogP contribution in [-0.2, 0) is 19.0 Å². The van der Waals surface area contributed by atoms with Crippen molar-refractivity contribution in [3.05, 3.63) is 0 Å². The lowest BCUT2D eigenvalue weighted by Gasteiger charge is -2.43. The van der Waals surface area contributed by atoms with Gasteiger partial charge in [0, 0.05) is 0 Å². The second kappa shape index (κ2) is 7.03. The SMILES string of the molecule is O=C[C@H]1O[C@@](CO)(O[C@H]2O[C@H](CO)[C@@H](O)[C@H](O)[C@H]2O)[C@@H](O)[C@@H]1O. The molecule has 0 spiro atoms. The average molecular weight is 340 g/mol. The van der Waals surface area contributed by atoms with Crippen LogP contribution in [0.3, 0.4) is 0 Å². The number of aliphatic hydroxyl groups excluding tert-OH is 7. The molecule has 2 rings (SSSR count). The van der Waals surface area contributed by atoms with Crippen LogP contribution in [-0.4, -0.2) is 110 Å². The van der Waals surface area contributed by atoms with E-state index in [1.54, 1.807) is 0 Å². The molecule has 7 N–H and O–H groups in total. The Balaban J connectivity index is 2.19. The molecule has 134 valence electrons. The fourth-order valence-corrected chi connectivity index (χ4v) is 2.54. The first kappa shape index (κ1) is 18.6. The van der Waals surface area contributed by atoms with Crippen LogP contribution in [0.2, 0.25) is 0 Å². The maximum Gasteiger partial charge on any atom is 0.224 e. The van der Waals surface area contributed by atoms with Crippen molar-refractivity contribution < 1.29 is 54.8 Å². The van der Waals surface area contributed by atoms with E-state index < -0.39 is 68.0 Å². The van der Waals surface area contributed by atoms with Crippen LogP contribution in [0.4, 0.5) is 0 Å². The third kappa shape index (κ3) is 3.13. The lowest BCUT2D eigenvalue weighted by Crippen LogP contribution is -2.62. The van der Waals surface area contributed by atoms with Gasteiger partial charge < -0.3 is 54.8 Å². The predicted octanol–water partition coefficient (Wildman–Crippen LogP) is -5.19. The standard InChI is InChI=1S/C12H20O11/c13-1-4-6(16)8(18)9(19)11(21-4)23-12(3-15)10(20)7(17)5(2-14)22-12/h2,4-11,13,15-20H,1,3H2/t4-,5-,6-,7-,8+,9-,10+,11-,12+/m1/s1. The third-order valence-electron chi connectivity index (χ3n) is 3.96. The van der Waals surface area contributed by atoms with E-state index in [0.29, 0.717) is 0 Å². The summed E-state index contributed by atoms with van der Waals surface area (Å²) in [6, 6.07) is 0. The molecule has 2 fully saturated rings. The van der Waals surface area contributed by atoms with Crippen molar-refractivity contribution in [2.75, 3.05) is 13.2 Å². The molecule has 2 heterocycles. The first-order valence-electron chi connectivity index (χ1n) is 6.89. The second-order valence-electron chi connectivity index (χ2n) is 5.44. The van der Waals surface area contributed by atoms with E-state index in [1.165, 1.54) is 0 Å². The van der Waals surface area contributed by atoms with Crippen molar-refractivity contribution in [3.8, 4) is 0 Å². The van der Waals surface area contributed by atoms with Crippen molar-refractivity contribution in [3.63, 3.8) is 0 Å². The number of ether oxygens (including phenoxy) is 3. The smallest absolute Gasteiger partial charge is 0.224 e. The molecule has 0 radical (unpaired) electrons. The summed E-state index contributed by atoms with van der Waals surface area (Å²) in [5.41, 5.74) is 0. The maximum absolute atomic E-state index is 10.8. The van der Waals surface area contributed by atoms with E-state index in [4.69, 9.17) is 19.3 Å². The van der Waals surface area contributed by atoms with Gasteiger partial charge in [-0.1, -0.05) is 0 Å². The molecule has 11 heteroatoms. The molecule has 0 unspecified atom stereocenters. The van der Waals surface area contributed by atoms with Gasteiger partial charge in [0.2, 0.25) is 5.79 Å². The zero-order valence-corrected chi connectivity index (χ0v) is 11.9. The van der Waals surface area contributed by atoms with Gasteiger partial charge in [-0.2, -0.15) is 0 Å². The fourth-order valence-electron chi connectivity index (χ4n) is 2.54. The van der Waals surface area contributed by atoms with Crippen LogP contribution in [0.25, 0.3) is 0 Å². The Morgan fingerprint density at radius 3 is 2.13 bits per heavy atom. The minimum atomic E-state index is -2.29. The molecule has 11 nitrogen and oxygen atoms in total. The Hall–Kier alpha value is -0.730. The van der Waals surface area contributed by atoms with E-state index in [0.717, 1.165) is 0 Å². The van der Waals surface area contributed by atoms with Crippen LogP contribution in [0.1, 0.15) is 0 Å². The van der Waals surface area contributed by atoms with Crippen LogP contribution in [0, 0.1) is 0 Å². The Kier molecular flexibility index (Phi) is 5.68. The molecule has 0 saturated carbocycles. The monoisotopic (exact) mass is 340 g/mol. The van der Waals surface area contributed by atoms with Crippen molar-refractivity contribution in [2.45, 2.75) is 54.8 Å². The highest BCUT2D eigenvalue weighted by atomic mass is 16.8. The number of aldehydes is 1. The number of carbonyl (C=O) groups excluding carboxylic acids is 1. The fraction of sp³-hybridized carbons (Fsp3) is 0.917. The minimum absolute atomic E-state index is 0.196. The van der Waals surface area contributed by atoms with Gasteiger partial charge in [0.15, 0.2) is 12.6 Å². The van der Waals surface area contributed by atoms with Gasteiger partial charge in [0.25, 0.3) is 0 Å². The van der Waals surface area contributed by atoms with E-state index in [9.17, 15) is 35.4 Å². The topological polar surface area (TPSA) is 186 Å². The minimum Gasteiger partial charge on any atom is -0.394 e. The maximum atomic E-state index is 10.8. The van der Waals surface area contributed by atoms with E-state index in [1.807, 2.05) is 0 Å². The largest absolute Gasteiger partial charge is 0.394 e. The van der Waals surface area contributed by atoms with E-state index >= 15 is 0 Å². The first-order valence-corrected chi connectivity index (χ1v) is 6.89. The molecular weight excluding hydrogens is 320 g/mol. The molecule has 0 aliphatic carbocycles. The first-order chi connectivity index (χ1) is 10.8. The normalized spacial score (nSPS) is 50.9. The molecule has 2 aliphatic rings. The Morgan fingerprint density at radius 1 is 1.00 bits per heavy atom. The summed E-state index contributed by atoms with van der Waals surface area (Å²) >= 11 is 0. The summed E-state index contributed by atoms with van der Waals surface area (Å²) in [5.74, 6) is -2.29. The van der Waals surface area contributed by atoms with Gasteiger partial charge in [-0.3, -0.25) is 0 Å². The van der Waals surface area contributed by atoms with Gasteiger partial charge in [0.05, 0.1) is 6.61 Å². The quantitative estimate of drug-likeness (QED) is 0.237. The summed E-state index contributed by atoms with van der Waals surface area (Å²) in [6.07, 6.45) is -13.0. The van der Waals surface area contributed by atoms with E-state index in [2.05, 4.69) is 0 Å².